The molecule has 0 heterocycles. The Bertz CT molecular complexity index is 4010. The van der Waals surface area contributed by atoms with Gasteiger partial charge in [0.05, 0.1) is 23.2 Å². The zero-order chi connectivity index (χ0) is 66.3. The van der Waals surface area contributed by atoms with Crippen LogP contribution in [0.3, 0.4) is 0 Å². The second-order valence-electron chi connectivity index (χ2n) is 29.5. The number of aliphatic hydroxyl groups excluding tert-OH is 2. The Balaban J connectivity index is 0.000000139. The summed E-state index contributed by atoms with van der Waals surface area (Å²) < 4.78 is 10.9. The van der Waals surface area contributed by atoms with E-state index in [4.69, 9.17) is 12.7 Å². The average molecular weight is 1270 g/mol. The maximum atomic E-state index is 13.6. The predicted molar refractivity (Wildman–Crippen MR) is 392 cm³/mol. The molecule has 15 rings (SSSR count). The largest absolute Gasteiger partial charge is 0.669 e. The number of Topliss-reactive ketones (excluding diaryl/α,β-unsaturated/α-hetero) is 1. The van der Waals surface area contributed by atoms with Crippen LogP contribution in [0.25, 0.3) is 18.2 Å². The molecule has 0 amide bonds. The van der Waals surface area contributed by atoms with Crippen molar-refractivity contribution in [2.45, 2.75) is 149 Å². The van der Waals surface area contributed by atoms with Crippen LogP contribution in [0.2, 0.25) is 0 Å². The number of hydrogen-bond donors (Lipinski definition) is 3. The van der Waals surface area contributed by atoms with Crippen LogP contribution >= 0.6 is 0 Å². The number of fused-ring (bicyclic) bond motifs is 6. The first-order valence-corrected chi connectivity index (χ1v) is 34.5. The van der Waals surface area contributed by atoms with E-state index in [0.717, 1.165) is 74.5 Å². The van der Waals surface area contributed by atoms with Crippen LogP contribution in [-0.4, -0.2) is 72.7 Å². The Morgan fingerprint density at radius 2 is 0.695 bits per heavy atom. The topological polar surface area (TPSA) is 96.2 Å². The molecule has 8 heteroatoms. The number of carbonyl (C=O) groups is 1. The molecular weight excluding hydrogens is 1170 g/mol. The fourth-order valence-electron chi connectivity index (χ4n) is 14.6. The minimum Gasteiger partial charge on any atom is -0.479 e. The number of allylic oxidation sites excluding steroid dienone is 1. The maximum Gasteiger partial charge on any atom is 0.669 e. The molecule has 5 atom stereocenters. The maximum absolute atomic E-state index is 13.6. The molecule has 9 aromatic rings. The minimum atomic E-state index is -0.500. The molecule has 95 heavy (non-hydrogen) atoms. The predicted octanol–water partition coefficient (Wildman–Crippen LogP) is 18.1. The first-order valence-electron chi connectivity index (χ1n) is 33.5. The number of ketones is 1. The van der Waals surface area contributed by atoms with Crippen molar-refractivity contribution >= 4 is 58.8 Å². The van der Waals surface area contributed by atoms with Crippen molar-refractivity contribution in [2.24, 2.45) is 16.2 Å². The van der Waals surface area contributed by atoms with E-state index >= 15 is 0 Å². The third-order valence-corrected chi connectivity index (χ3v) is 20.6. The van der Waals surface area contributed by atoms with E-state index in [0.29, 0.717) is 0 Å². The quantitative estimate of drug-likeness (QED) is 0.112. The van der Waals surface area contributed by atoms with Crippen molar-refractivity contribution < 1.29 is 27.7 Å². The minimum absolute atomic E-state index is 0. The number of rotatable bonds is 11. The second-order valence-corrected chi connectivity index (χ2v) is 30.1. The van der Waals surface area contributed by atoms with Crippen molar-refractivity contribution in [3.8, 4) is 0 Å². The van der Waals surface area contributed by atoms with E-state index in [1.54, 1.807) is 20.8 Å². The monoisotopic (exact) mass is 1270 g/mol. The Kier molecular flexibility index (Phi) is 22.3. The molecule has 0 spiro atoms. The fraction of sp³-hybridized carbons (Fsp3) is 0.299. The SMILES string of the molecule is CC(C)(C)O.CC(C)(C)[O][Al][O]C(C)(C)C.O=C1c2ccccc2CC1(Cc1ccccc1)C1=Cc2ccccc2C1.OC1c2ccccc2CC1(Cc1ccccc1)C1=Cc2ccccc2C1.OC1c2ccccc2CC1(Cc1ccccc1)C1=Cc2ccccc2C1.[Li]. The van der Waals surface area contributed by atoms with E-state index in [2.05, 4.69) is 218 Å². The molecule has 0 bridgehead atoms. The molecule has 6 nitrogen and oxygen atoms in total. The molecule has 5 unspecified atom stereocenters. The van der Waals surface area contributed by atoms with E-state index < -0.39 is 23.2 Å². The molecule has 0 saturated heterocycles. The second kappa shape index (κ2) is 30.1. The summed E-state index contributed by atoms with van der Waals surface area (Å²) in [5, 5.41) is 31.4. The van der Waals surface area contributed by atoms with Crippen molar-refractivity contribution in [1.29, 1.82) is 0 Å². The van der Waals surface area contributed by atoms with Gasteiger partial charge < -0.3 is 22.9 Å². The number of carbonyl (C=O) groups excluding carboxylic acids is 1. The van der Waals surface area contributed by atoms with Gasteiger partial charge >= 0.3 is 15.9 Å². The molecule has 0 saturated carbocycles. The molecule has 0 aromatic heterocycles. The van der Waals surface area contributed by atoms with Gasteiger partial charge in [-0.05, 0) is 198 Å². The van der Waals surface area contributed by atoms with Crippen LogP contribution in [-0.2, 0) is 65.4 Å². The molecule has 2 radical (unpaired) electrons. The Labute approximate surface area is 584 Å². The standard InChI is InChI=1S/2C25H22O.C25H20O.C4H10O.2C4H9O.Al.Li/c3*26-24-23-13-7-6-12-21(23)17-25(24,16-18-8-2-1-3-9-18)22-14-19-10-4-5-11-20(19)15-22;3*1-4(2,3)5;;/h2*1-14,24,26H,15-17H2;1-14H,15-17H2;5H,1-3H3;2*1-3H3;;/q;;;;2*-1;+2;. The molecule has 6 aliphatic carbocycles. The Morgan fingerprint density at radius 3 is 1.05 bits per heavy atom. The van der Waals surface area contributed by atoms with Crippen molar-refractivity contribution in [2.75, 3.05) is 0 Å². The summed E-state index contributed by atoms with van der Waals surface area (Å²) >= 11 is -0.331. The molecule has 9 aromatic carbocycles. The van der Waals surface area contributed by atoms with Crippen LogP contribution in [0.15, 0.2) is 253 Å². The van der Waals surface area contributed by atoms with Crippen molar-refractivity contribution in [1.82, 2.24) is 0 Å². The smallest absolute Gasteiger partial charge is 0.479 e. The fourth-order valence-corrected chi connectivity index (χ4v) is 15.2. The molecule has 480 valence electrons. The van der Waals surface area contributed by atoms with Crippen LogP contribution in [0.5, 0.6) is 0 Å². The zero-order valence-electron chi connectivity index (χ0n) is 57.4. The van der Waals surface area contributed by atoms with Crippen LogP contribution in [0.1, 0.15) is 163 Å². The summed E-state index contributed by atoms with van der Waals surface area (Å²) in [5.41, 5.74) is 21.0. The normalized spacial score (nSPS) is 20.6. The van der Waals surface area contributed by atoms with E-state index in [1.165, 1.54) is 83.5 Å². The first-order chi connectivity index (χ1) is 45.0. The number of benzene rings is 9. The number of aliphatic hydroxyl groups is 3. The van der Waals surface area contributed by atoms with Crippen LogP contribution in [0.4, 0.5) is 0 Å². The van der Waals surface area contributed by atoms with Gasteiger partial charge in [-0.2, -0.15) is 0 Å². The van der Waals surface area contributed by atoms with Crippen molar-refractivity contribution in [3.05, 3.63) is 337 Å². The van der Waals surface area contributed by atoms with Gasteiger partial charge in [0.25, 0.3) is 0 Å². The Hall–Kier alpha value is -7.20. The summed E-state index contributed by atoms with van der Waals surface area (Å²) in [5.74, 6) is 0.288. The third-order valence-electron chi connectivity index (χ3n) is 19.0. The van der Waals surface area contributed by atoms with E-state index in [-0.39, 0.29) is 62.6 Å². The molecular formula is C87H92AlLiO6. The van der Waals surface area contributed by atoms with Crippen LogP contribution in [0, 0.1) is 16.2 Å². The molecule has 0 fully saturated rings. The van der Waals surface area contributed by atoms with Gasteiger partial charge in [-0.1, -0.05) is 272 Å². The molecule has 0 aliphatic heterocycles. The first kappa shape index (κ1) is 70.6. The summed E-state index contributed by atoms with van der Waals surface area (Å²) in [6.07, 6.45) is 13.9. The summed E-state index contributed by atoms with van der Waals surface area (Å²) in [7, 11) is 0. The zero-order valence-corrected chi connectivity index (χ0v) is 58.6. The summed E-state index contributed by atoms with van der Waals surface area (Å²) in [6, 6.07) is 82.3. The van der Waals surface area contributed by atoms with Gasteiger partial charge in [-0.3, -0.25) is 4.79 Å². The van der Waals surface area contributed by atoms with E-state index in [1.807, 2.05) is 77.9 Å². The van der Waals surface area contributed by atoms with Gasteiger partial charge in [0.2, 0.25) is 0 Å². The van der Waals surface area contributed by atoms with Crippen LogP contribution < -0.4 is 0 Å². The average Bonchev–Trinajstić information content (AvgIpc) is 1.60. The number of hydrogen-bond acceptors (Lipinski definition) is 6. The van der Waals surface area contributed by atoms with E-state index in [9.17, 15) is 15.0 Å². The van der Waals surface area contributed by atoms with Gasteiger partial charge in [-0.15, -0.1) is 0 Å². The summed E-state index contributed by atoms with van der Waals surface area (Å²) in [6.45, 7) is 17.4. The third kappa shape index (κ3) is 16.8. The van der Waals surface area contributed by atoms with Gasteiger partial charge in [0.1, 0.15) is 0 Å². The summed E-state index contributed by atoms with van der Waals surface area (Å²) in [4.78, 5) is 13.6. The molecule has 6 aliphatic rings. The Morgan fingerprint density at radius 1 is 0.389 bits per heavy atom. The van der Waals surface area contributed by atoms with Gasteiger partial charge in [0.15, 0.2) is 5.78 Å². The van der Waals surface area contributed by atoms with Gasteiger partial charge in [0, 0.05) is 46.5 Å². The van der Waals surface area contributed by atoms with Gasteiger partial charge in [-0.25, -0.2) is 0 Å². The molecule has 3 N–H and O–H groups in total. The van der Waals surface area contributed by atoms with Crippen molar-refractivity contribution in [3.63, 3.8) is 0 Å².